The molecular weight excluding hydrogens is 722 g/mol. The van der Waals surface area contributed by atoms with Crippen molar-refractivity contribution >= 4 is 67.3 Å². The van der Waals surface area contributed by atoms with Gasteiger partial charge in [-0.3, -0.25) is 14.4 Å². The molecule has 6 rings (SSSR count). The van der Waals surface area contributed by atoms with E-state index in [2.05, 4.69) is 59.9 Å². The van der Waals surface area contributed by atoms with Crippen molar-refractivity contribution in [1.82, 2.24) is 0 Å². The number of nitrogens with one attached hydrogen (secondary N) is 1. The lowest BCUT2D eigenvalue weighted by atomic mass is 9.90. The molecule has 0 amide bonds. The van der Waals surface area contributed by atoms with Crippen molar-refractivity contribution in [3.05, 3.63) is 103 Å². The molecule has 7 N–H and O–H groups in total. The Labute approximate surface area is 321 Å². The molecule has 1 atom stereocenters. The molecule has 0 heterocycles. The van der Waals surface area contributed by atoms with Crippen LogP contribution in [-0.4, -0.2) is 100 Å². The zero-order chi connectivity index (χ0) is 39.8. The third-order valence-electron chi connectivity index (χ3n) is 9.34. The summed E-state index contributed by atoms with van der Waals surface area (Å²) >= 11 is 0. The first-order valence-electron chi connectivity index (χ1n) is 18.1. The van der Waals surface area contributed by atoms with Crippen LogP contribution in [0.3, 0.4) is 0 Å². The molecule has 0 aliphatic rings. The SMILES string of the molecule is O=C(O)CN(CC(=O)O)c1ccc(NC(O)CCCc2ccc3ccc4cccc5ccc2c3c45)cc1OCCOc1ccccc1N(CC(=O)O)CC(O)O. The number of aryl methyl sites for hydroxylation is 1. The van der Waals surface area contributed by atoms with E-state index in [1.807, 2.05) is 0 Å². The molecule has 6 aromatic carbocycles. The lowest BCUT2D eigenvalue weighted by Crippen LogP contribution is -2.36. The number of aliphatic hydroxyl groups excluding tert-OH is 2. The number of aliphatic carboxylic acids is 3. The van der Waals surface area contributed by atoms with E-state index in [0.717, 1.165) is 11.3 Å². The number of anilines is 3. The van der Waals surface area contributed by atoms with Crippen LogP contribution < -0.4 is 24.6 Å². The number of carboxylic acid groups (broad SMARTS) is 3. The van der Waals surface area contributed by atoms with E-state index in [9.17, 15) is 45.0 Å². The first kappa shape index (κ1) is 39.3. The summed E-state index contributed by atoms with van der Waals surface area (Å²) in [4.78, 5) is 37.2. The lowest BCUT2D eigenvalue weighted by Gasteiger charge is -2.26. The van der Waals surface area contributed by atoms with Crippen molar-refractivity contribution < 1.29 is 54.5 Å². The second kappa shape index (κ2) is 17.9. The van der Waals surface area contributed by atoms with E-state index in [1.54, 1.807) is 36.4 Å². The molecule has 0 saturated heterocycles. The topological polar surface area (TPSA) is 210 Å². The smallest absolute Gasteiger partial charge is 0.323 e. The number of aliphatic hydroxyl groups is 3. The predicted octanol–water partition coefficient (Wildman–Crippen LogP) is 4.97. The summed E-state index contributed by atoms with van der Waals surface area (Å²) in [7, 11) is 0. The highest BCUT2D eigenvalue weighted by atomic mass is 16.5. The van der Waals surface area contributed by atoms with Gasteiger partial charge in [-0.25, -0.2) is 0 Å². The Bertz CT molecular complexity index is 2280. The molecule has 6 aromatic rings. The van der Waals surface area contributed by atoms with Crippen molar-refractivity contribution in [3.63, 3.8) is 0 Å². The van der Waals surface area contributed by atoms with Crippen LogP contribution in [0.2, 0.25) is 0 Å². The zero-order valence-corrected chi connectivity index (χ0v) is 30.4. The van der Waals surface area contributed by atoms with Gasteiger partial charge in [0.2, 0.25) is 0 Å². The number of carbonyl (C=O) groups is 3. The molecular formula is C42H43N3O11. The zero-order valence-electron chi connectivity index (χ0n) is 30.4. The maximum atomic E-state index is 11.7. The quantitative estimate of drug-likeness (QED) is 0.0293. The van der Waals surface area contributed by atoms with Gasteiger partial charge in [-0.05, 0) is 81.4 Å². The van der Waals surface area contributed by atoms with E-state index >= 15 is 0 Å². The number of ether oxygens (including phenoxy) is 2. The summed E-state index contributed by atoms with van der Waals surface area (Å²) in [6, 6.07) is 30.3. The van der Waals surface area contributed by atoms with Gasteiger partial charge in [0.05, 0.1) is 17.9 Å². The van der Waals surface area contributed by atoms with Gasteiger partial charge in [0.25, 0.3) is 0 Å². The molecule has 0 aliphatic carbocycles. The van der Waals surface area contributed by atoms with Crippen molar-refractivity contribution in [3.8, 4) is 11.5 Å². The van der Waals surface area contributed by atoms with Crippen molar-refractivity contribution in [2.45, 2.75) is 31.8 Å². The fourth-order valence-corrected chi connectivity index (χ4v) is 7.05. The van der Waals surface area contributed by atoms with Crippen molar-refractivity contribution in [1.29, 1.82) is 0 Å². The standard InChI is InChI=1S/C42H43N3O11/c46-36(10-4-5-26-11-12-29-14-13-27-6-3-7-28-15-17-31(26)42(29)41(27)28)43-30-16-18-33(45(24-39(51)52)25-40(53)54)35(21-30)56-20-19-55-34-9-2-1-8-32(34)44(22-37(47)48)23-38(49)50/h1-3,6-9,11-18,21,36-37,43,46-48H,4-5,10,19-20,22-25H2,(H,49,50)(H,51,52)(H,53,54). The summed E-state index contributed by atoms with van der Waals surface area (Å²) < 4.78 is 11.9. The fraction of sp³-hybridized carbons (Fsp3) is 0.262. The average Bonchev–Trinajstić information content (AvgIpc) is 3.15. The molecule has 0 aromatic heterocycles. The molecule has 0 saturated carbocycles. The Balaban J connectivity index is 1.14. The summed E-state index contributed by atoms with van der Waals surface area (Å²) in [6.45, 7) is -2.35. The van der Waals surface area contributed by atoms with Crippen LogP contribution in [0.4, 0.5) is 17.1 Å². The molecule has 0 bridgehead atoms. The maximum absolute atomic E-state index is 11.7. The molecule has 0 radical (unpaired) electrons. The van der Waals surface area contributed by atoms with Crippen LogP contribution >= 0.6 is 0 Å². The molecule has 0 fully saturated rings. The molecule has 0 spiro atoms. The highest BCUT2D eigenvalue weighted by molar-refractivity contribution is 6.23. The molecule has 1 unspecified atom stereocenters. The molecule has 14 heteroatoms. The Kier molecular flexibility index (Phi) is 12.5. The monoisotopic (exact) mass is 765 g/mol. The Morgan fingerprint density at radius 1 is 0.625 bits per heavy atom. The number of carboxylic acids is 3. The minimum Gasteiger partial charge on any atom is -0.488 e. The molecule has 14 nitrogen and oxygen atoms in total. The van der Waals surface area contributed by atoms with Gasteiger partial charge in [0.1, 0.15) is 50.6 Å². The summed E-state index contributed by atoms with van der Waals surface area (Å²) in [5, 5.41) is 68.8. The Morgan fingerprint density at radius 3 is 1.89 bits per heavy atom. The van der Waals surface area contributed by atoms with E-state index in [0.29, 0.717) is 24.2 Å². The summed E-state index contributed by atoms with van der Waals surface area (Å²) in [6.07, 6.45) is -0.943. The van der Waals surface area contributed by atoms with Crippen LogP contribution in [0.5, 0.6) is 11.5 Å². The normalized spacial score (nSPS) is 11.9. The van der Waals surface area contributed by atoms with Crippen LogP contribution in [0, 0.1) is 0 Å². The van der Waals surface area contributed by atoms with Gasteiger partial charge in [-0.15, -0.1) is 0 Å². The van der Waals surface area contributed by atoms with Crippen LogP contribution in [0.25, 0.3) is 32.3 Å². The van der Waals surface area contributed by atoms with Crippen LogP contribution in [0.1, 0.15) is 18.4 Å². The number of hydrogen-bond acceptors (Lipinski definition) is 11. The maximum Gasteiger partial charge on any atom is 0.323 e. The molecule has 56 heavy (non-hydrogen) atoms. The van der Waals surface area contributed by atoms with E-state index < -0.39 is 50.1 Å². The van der Waals surface area contributed by atoms with Crippen molar-refractivity contribution in [2.75, 3.05) is 54.5 Å². The number of rotatable bonds is 21. The van der Waals surface area contributed by atoms with Gasteiger partial charge in [-0.1, -0.05) is 66.7 Å². The second-order valence-electron chi connectivity index (χ2n) is 13.4. The van der Waals surface area contributed by atoms with Gasteiger partial charge in [0, 0.05) is 11.8 Å². The van der Waals surface area contributed by atoms with Crippen LogP contribution in [-0.2, 0) is 20.8 Å². The summed E-state index contributed by atoms with van der Waals surface area (Å²) in [5.74, 6) is -3.31. The lowest BCUT2D eigenvalue weighted by molar-refractivity contribution is -0.137. The molecule has 0 aliphatic heterocycles. The van der Waals surface area contributed by atoms with E-state index in [1.165, 1.54) is 48.8 Å². The van der Waals surface area contributed by atoms with Gasteiger partial charge in [-0.2, -0.15) is 0 Å². The number of para-hydroxylation sites is 2. The number of benzene rings is 6. The third kappa shape index (κ3) is 9.65. The third-order valence-corrected chi connectivity index (χ3v) is 9.34. The highest BCUT2D eigenvalue weighted by Crippen LogP contribution is 2.37. The first-order chi connectivity index (χ1) is 27.0. The second-order valence-corrected chi connectivity index (χ2v) is 13.4. The minimum atomic E-state index is -1.80. The van der Waals surface area contributed by atoms with Gasteiger partial charge in [0.15, 0.2) is 6.29 Å². The highest BCUT2D eigenvalue weighted by Gasteiger charge is 2.21. The fourth-order valence-electron chi connectivity index (χ4n) is 7.05. The minimum absolute atomic E-state index is 0.0831. The summed E-state index contributed by atoms with van der Waals surface area (Å²) in [5.41, 5.74) is 2.12. The average molecular weight is 766 g/mol. The van der Waals surface area contributed by atoms with Gasteiger partial charge >= 0.3 is 17.9 Å². The van der Waals surface area contributed by atoms with Crippen LogP contribution in [0.15, 0.2) is 97.1 Å². The molecule has 292 valence electrons. The Hall–Kier alpha value is -6.35. The van der Waals surface area contributed by atoms with E-state index in [-0.39, 0.29) is 36.9 Å². The van der Waals surface area contributed by atoms with E-state index in [4.69, 9.17) is 9.47 Å². The van der Waals surface area contributed by atoms with Crippen molar-refractivity contribution in [2.24, 2.45) is 0 Å². The van der Waals surface area contributed by atoms with Gasteiger partial charge < -0.3 is 55.2 Å². The Morgan fingerprint density at radius 2 is 1.21 bits per heavy atom. The number of hydrogen-bond donors (Lipinski definition) is 7. The predicted molar refractivity (Wildman–Crippen MR) is 212 cm³/mol. The largest absolute Gasteiger partial charge is 0.488 e. The number of nitrogens with zero attached hydrogens (tertiary/aromatic N) is 2. The first-order valence-corrected chi connectivity index (χ1v) is 18.1.